The minimum atomic E-state index is -0.342. The van der Waals surface area contributed by atoms with Gasteiger partial charge in [-0.25, -0.2) is 10.8 Å². The molecule has 2 rings (SSSR count). The Kier molecular flexibility index (Phi) is 3.49. The van der Waals surface area contributed by atoms with E-state index in [0.29, 0.717) is 18.1 Å². The van der Waals surface area contributed by atoms with Crippen molar-refractivity contribution in [2.45, 2.75) is 31.9 Å². The fourth-order valence-electron chi connectivity index (χ4n) is 1.96. The number of nitrogens with zero attached hydrogens (tertiary/aromatic N) is 1. The van der Waals surface area contributed by atoms with Gasteiger partial charge in [-0.2, -0.15) is 0 Å². The number of nitrogens with two attached hydrogens (primary N) is 1. The van der Waals surface area contributed by atoms with Crippen LogP contribution < -0.4 is 16.6 Å². The molecule has 2 unspecified atom stereocenters. The van der Waals surface area contributed by atoms with E-state index in [2.05, 4.69) is 15.7 Å². The first-order valence-corrected chi connectivity index (χ1v) is 5.93. The van der Waals surface area contributed by atoms with Gasteiger partial charge in [0.15, 0.2) is 0 Å². The van der Waals surface area contributed by atoms with Gasteiger partial charge in [0.2, 0.25) is 0 Å². The maximum atomic E-state index is 12.1. The molecule has 1 aliphatic rings. The van der Waals surface area contributed by atoms with Gasteiger partial charge in [-0.3, -0.25) is 4.79 Å². The van der Waals surface area contributed by atoms with Crippen molar-refractivity contribution in [1.82, 2.24) is 10.3 Å². The molecule has 98 valence electrons. The van der Waals surface area contributed by atoms with E-state index >= 15 is 0 Å². The first kappa shape index (κ1) is 12.8. The molecule has 18 heavy (non-hydrogen) atoms. The van der Waals surface area contributed by atoms with Gasteiger partial charge >= 0.3 is 0 Å². The SMILES string of the molecule is CC1OCCC1(C)NC(=O)c1cccc(NN)n1. The van der Waals surface area contributed by atoms with Gasteiger partial charge in [0.25, 0.3) is 5.91 Å². The van der Waals surface area contributed by atoms with E-state index < -0.39 is 0 Å². The lowest BCUT2D eigenvalue weighted by Crippen LogP contribution is -2.50. The monoisotopic (exact) mass is 250 g/mol. The van der Waals surface area contributed by atoms with E-state index in [1.165, 1.54) is 0 Å². The number of amides is 1. The largest absolute Gasteiger partial charge is 0.376 e. The number of hydrazine groups is 1. The number of carbonyl (C=O) groups excluding carboxylic acids is 1. The molecule has 0 bridgehead atoms. The number of aromatic nitrogens is 1. The normalized spacial score (nSPS) is 26.9. The Morgan fingerprint density at radius 2 is 2.39 bits per heavy atom. The summed E-state index contributed by atoms with van der Waals surface area (Å²) < 4.78 is 5.48. The van der Waals surface area contributed by atoms with Crippen LogP contribution in [0.3, 0.4) is 0 Å². The van der Waals surface area contributed by atoms with E-state index in [9.17, 15) is 4.79 Å². The molecule has 0 aromatic carbocycles. The van der Waals surface area contributed by atoms with Crippen molar-refractivity contribution in [3.05, 3.63) is 23.9 Å². The van der Waals surface area contributed by atoms with E-state index in [-0.39, 0.29) is 17.6 Å². The summed E-state index contributed by atoms with van der Waals surface area (Å²) in [5, 5.41) is 2.98. The Morgan fingerprint density at radius 1 is 1.61 bits per heavy atom. The van der Waals surface area contributed by atoms with Crippen LogP contribution in [0.2, 0.25) is 0 Å². The predicted molar refractivity (Wildman–Crippen MR) is 67.9 cm³/mol. The number of hydrogen-bond donors (Lipinski definition) is 3. The number of rotatable bonds is 3. The van der Waals surface area contributed by atoms with Crippen LogP contribution in [0.1, 0.15) is 30.8 Å². The summed E-state index contributed by atoms with van der Waals surface area (Å²) >= 11 is 0. The molecule has 0 aliphatic carbocycles. The van der Waals surface area contributed by atoms with Gasteiger partial charge in [0.1, 0.15) is 11.5 Å². The van der Waals surface area contributed by atoms with Crippen LogP contribution in [0, 0.1) is 0 Å². The fraction of sp³-hybridized carbons (Fsp3) is 0.500. The summed E-state index contributed by atoms with van der Waals surface area (Å²) in [6.07, 6.45) is 0.798. The van der Waals surface area contributed by atoms with E-state index in [4.69, 9.17) is 10.6 Å². The lowest BCUT2D eigenvalue weighted by atomic mass is 9.94. The fourth-order valence-corrected chi connectivity index (χ4v) is 1.96. The van der Waals surface area contributed by atoms with Gasteiger partial charge in [-0.1, -0.05) is 6.07 Å². The molecular formula is C12H18N4O2. The minimum absolute atomic E-state index is 0.00253. The van der Waals surface area contributed by atoms with Crippen molar-refractivity contribution in [2.24, 2.45) is 5.84 Å². The smallest absolute Gasteiger partial charge is 0.270 e. The van der Waals surface area contributed by atoms with Crippen LogP contribution >= 0.6 is 0 Å². The second kappa shape index (κ2) is 4.91. The Balaban J connectivity index is 2.12. The molecule has 1 aromatic rings. The number of carbonyl (C=O) groups is 1. The summed E-state index contributed by atoms with van der Waals surface area (Å²) in [5.74, 6) is 5.51. The lowest BCUT2D eigenvalue weighted by molar-refractivity contribution is 0.0724. The van der Waals surface area contributed by atoms with Gasteiger partial charge < -0.3 is 15.5 Å². The molecule has 1 aliphatic heterocycles. The number of nitrogen functional groups attached to an aromatic ring is 1. The Hall–Kier alpha value is -1.66. The zero-order valence-corrected chi connectivity index (χ0v) is 10.6. The highest BCUT2D eigenvalue weighted by Gasteiger charge is 2.38. The molecule has 2 heterocycles. The van der Waals surface area contributed by atoms with Crippen molar-refractivity contribution in [3.8, 4) is 0 Å². The van der Waals surface area contributed by atoms with Gasteiger partial charge in [0, 0.05) is 6.61 Å². The van der Waals surface area contributed by atoms with Gasteiger partial charge in [0.05, 0.1) is 11.6 Å². The van der Waals surface area contributed by atoms with Crippen LogP contribution in [0.15, 0.2) is 18.2 Å². The average Bonchev–Trinajstić information content (AvgIpc) is 2.69. The number of nitrogens with one attached hydrogen (secondary N) is 2. The minimum Gasteiger partial charge on any atom is -0.376 e. The summed E-state index contributed by atoms with van der Waals surface area (Å²) in [6.45, 7) is 4.60. The Morgan fingerprint density at radius 3 is 3.00 bits per heavy atom. The number of pyridine rings is 1. The summed E-state index contributed by atoms with van der Waals surface area (Å²) in [4.78, 5) is 16.2. The second-order valence-corrected chi connectivity index (χ2v) is 4.69. The molecule has 1 amide bonds. The zero-order chi connectivity index (χ0) is 13.2. The molecule has 1 saturated heterocycles. The van der Waals surface area contributed by atoms with Crippen LogP contribution in [0.25, 0.3) is 0 Å². The maximum Gasteiger partial charge on any atom is 0.270 e. The molecule has 1 aromatic heterocycles. The van der Waals surface area contributed by atoms with E-state index in [0.717, 1.165) is 6.42 Å². The standard InChI is InChI=1S/C12H18N4O2/c1-8-12(2,6-7-18-8)15-11(17)9-4-3-5-10(14-9)16-13/h3-5,8H,6-7,13H2,1-2H3,(H,14,16)(H,15,17). The molecule has 0 saturated carbocycles. The van der Waals surface area contributed by atoms with Crippen molar-refractivity contribution >= 4 is 11.7 Å². The van der Waals surface area contributed by atoms with Gasteiger partial charge in [-0.05, 0) is 32.4 Å². The third-order valence-electron chi connectivity index (χ3n) is 3.42. The summed E-state index contributed by atoms with van der Waals surface area (Å²) in [5.41, 5.74) is 2.41. The molecule has 4 N–H and O–H groups in total. The third-order valence-corrected chi connectivity index (χ3v) is 3.42. The number of ether oxygens (including phenoxy) is 1. The van der Waals surface area contributed by atoms with E-state index in [1.54, 1.807) is 18.2 Å². The molecule has 1 fully saturated rings. The van der Waals surface area contributed by atoms with Crippen LogP contribution in [0.4, 0.5) is 5.82 Å². The molecule has 6 nitrogen and oxygen atoms in total. The molecule has 0 radical (unpaired) electrons. The quantitative estimate of drug-likeness (QED) is 0.542. The van der Waals surface area contributed by atoms with Gasteiger partial charge in [-0.15, -0.1) is 0 Å². The highest BCUT2D eigenvalue weighted by molar-refractivity contribution is 5.93. The first-order chi connectivity index (χ1) is 8.55. The predicted octanol–water partition coefficient (Wildman–Crippen LogP) is 0.665. The molecule has 6 heteroatoms. The van der Waals surface area contributed by atoms with Crippen LogP contribution in [0.5, 0.6) is 0 Å². The highest BCUT2D eigenvalue weighted by Crippen LogP contribution is 2.25. The van der Waals surface area contributed by atoms with Crippen LogP contribution in [-0.4, -0.2) is 29.1 Å². The zero-order valence-electron chi connectivity index (χ0n) is 10.6. The maximum absolute atomic E-state index is 12.1. The molecular weight excluding hydrogens is 232 g/mol. The topological polar surface area (TPSA) is 89.3 Å². The number of hydrogen-bond acceptors (Lipinski definition) is 5. The lowest BCUT2D eigenvalue weighted by Gasteiger charge is -2.28. The van der Waals surface area contributed by atoms with Crippen molar-refractivity contribution < 1.29 is 9.53 Å². The molecule has 2 atom stereocenters. The van der Waals surface area contributed by atoms with Crippen LogP contribution in [-0.2, 0) is 4.74 Å². The van der Waals surface area contributed by atoms with Crippen molar-refractivity contribution in [2.75, 3.05) is 12.0 Å². The first-order valence-electron chi connectivity index (χ1n) is 5.93. The number of anilines is 1. The van der Waals surface area contributed by atoms with E-state index in [1.807, 2.05) is 13.8 Å². The summed E-state index contributed by atoms with van der Waals surface area (Å²) in [6, 6.07) is 5.08. The highest BCUT2D eigenvalue weighted by atomic mass is 16.5. The average molecular weight is 250 g/mol. The second-order valence-electron chi connectivity index (χ2n) is 4.69. The van der Waals surface area contributed by atoms with Crippen molar-refractivity contribution in [1.29, 1.82) is 0 Å². The third kappa shape index (κ3) is 2.44. The molecule has 0 spiro atoms. The summed E-state index contributed by atoms with van der Waals surface area (Å²) in [7, 11) is 0. The Bertz CT molecular complexity index is 451. The Labute approximate surface area is 106 Å². The van der Waals surface area contributed by atoms with Crippen molar-refractivity contribution in [3.63, 3.8) is 0 Å².